The van der Waals surface area contributed by atoms with Crippen molar-refractivity contribution in [1.82, 2.24) is 5.32 Å². The van der Waals surface area contributed by atoms with Gasteiger partial charge >= 0.3 is 0 Å². The first kappa shape index (κ1) is 13.8. The van der Waals surface area contributed by atoms with Crippen molar-refractivity contribution < 1.29 is 13.6 Å². The molecule has 0 spiro atoms. The Bertz CT molecular complexity index is 479. The fourth-order valence-corrected chi connectivity index (χ4v) is 2.68. The molecule has 19 heavy (non-hydrogen) atoms. The van der Waals surface area contributed by atoms with Crippen LogP contribution >= 0.6 is 0 Å². The first-order valence-electron chi connectivity index (χ1n) is 6.43. The third-order valence-electron chi connectivity index (χ3n) is 3.32. The topological polar surface area (TPSA) is 32.3 Å². The second-order valence-corrected chi connectivity index (χ2v) is 5.24. The fourth-order valence-electron chi connectivity index (χ4n) is 2.68. The lowest BCUT2D eigenvalue weighted by Crippen LogP contribution is -2.50. The standard InChI is InChI=1S/C14H18F2N2O/c1-9-5-12(17-10(2)19)8-18(7-9)14-4-3-11(15)6-13(14)16/h3-4,6,9,12H,5,7-8H2,1-2H3,(H,17,19). The SMILES string of the molecule is CC(=O)NC1CC(C)CN(c2ccc(F)cc2F)C1. The maximum atomic E-state index is 13.8. The molecule has 1 aliphatic heterocycles. The number of benzene rings is 1. The number of hydrogen-bond acceptors (Lipinski definition) is 2. The molecular formula is C14H18F2N2O. The van der Waals surface area contributed by atoms with Gasteiger partial charge < -0.3 is 10.2 Å². The van der Waals surface area contributed by atoms with Crippen LogP contribution in [0.4, 0.5) is 14.5 Å². The summed E-state index contributed by atoms with van der Waals surface area (Å²) < 4.78 is 26.7. The first-order valence-corrected chi connectivity index (χ1v) is 6.43. The molecule has 5 heteroatoms. The molecule has 0 aromatic heterocycles. The lowest BCUT2D eigenvalue weighted by Gasteiger charge is -2.38. The highest BCUT2D eigenvalue weighted by Gasteiger charge is 2.26. The van der Waals surface area contributed by atoms with Gasteiger partial charge in [-0.15, -0.1) is 0 Å². The van der Waals surface area contributed by atoms with E-state index in [1.807, 2.05) is 4.90 Å². The van der Waals surface area contributed by atoms with Crippen molar-refractivity contribution in [1.29, 1.82) is 0 Å². The average molecular weight is 268 g/mol. The highest BCUT2D eigenvalue weighted by atomic mass is 19.1. The molecule has 1 saturated heterocycles. The van der Waals surface area contributed by atoms with E-state index in [0.717, 1.165) is 12.5 Å². The van der Waals surface area contributed by atoms with Crippen LogP contribution in [0, 0.1) is 17.6 Å². The molecule has 0 aliphatic carbocycles. The van der Waals surface area contributed by atoms with E-state index in [1.165, 1.54) is 19.1 Å². The van der Waals surface area contributed by atoms with E-state index in [2.05, 4.69) is 12.2 Å². The van der Waals surface area contributed by atoms with Crippen LogP contribution in [0.5, 0.6) is 0 Å². The zero-order valence-electron chi connectivity index (χ0n) is 11.1. The predicted octanol–water partition coefficient (Wildman–Crippen LogP) is 2.32. The number of carbonyl (C=O) groups is 1. The molecule has 1 N–H and O–H groups in total. The van der Waals surface area contributed by atoms with Crippen LogP contribution in [-0.4, -0.2) is 25.0 Å². The summed E-state index contributed by atoms with van der Waals surface area (Å²) in [6, 6.07) is 3.60. The molecule has 1 aromatic rings. The maximum absolute atomic E-state index is 13.8. The molecule has 2 atom stereocenters. The monoisotopic (exact) mass is 268 g/mol. The molecule has 2 unspecified atom stereocenters. The number of anilines is 1. The minimum atomic E-state index is -0.579. The van der Waals surface area contributed by atoms with Crippen molar-refractivity contribution in [2.24, 2.45) is 5.92 Å². The summed E-state index contributed by atoms with van der Waals surface area (Å²) in [4.78, 5) is 13.0. The number of piperidine rings is 1. The molecule has 2 rings (SSSR count). The highest BCUT2D eigenvalue weighted by molar-refractivity contribution is 5.73. The smallest absolute Gasteiger partial charge is 0.217 e. The lowest BCUT2D eigenvalue weighted by atomic mass is 9.95. The Labute approximate surface area is 111 Å². The number of nitrogens with zero attached hydrogens (tertiary/aromatic N) is 1. The summed E-state index contributed by atoms with van der Waals surface area (Å²) >= 11 is 0. The van der Waals surface area contributed by atoms with E-state index in [0.29, 0.717) is 24.7 Å². The molecule has 0 bridgehead atoms. The molecule has 0 radical (unpaired) electrons. The van der Waals surface area contributed by atoms with Gasteiger partial charge in [0, 0.05) is 32.1 Å². The summed E-state index contributed by atoms with van der Waals surface area (Å²) in [5.41, 5.74) is 0.392. The van der Waals surface area contributed by atoms with E-state index < -0.39 is 11.6 Å². The first-order chi connectivity index (χ1) is 8.95. The number of rotatable bonds is 2. The van der Waals surface area contributed by atoms with Gasteiger partial charge in [0.05, 0.1) is 5.69 Å². The zero-order chi connectivity index (χ0) is 14.0. The van der Waals surface area contributed by atoms with Gasteiger partial charge in [-0.05, 0) is 24.5 Å². The second-order valence-electron chi connectivity index (χ2n) is 5.24. The van der Waals surface area contributed by atoms with Gasteiger partial charge in [-0.25, -0.2) is 8.78 Å². The summed E-state index contributed by atoms with van der Waals surface area (Å²) in [5, 5.41) is 2.87. The number of halogens is 2. The number of nitrogens with one attached hydrogen (secondary N) is 1. The number of carbonyl (C=O) groups excluding carboxylic acids is 1. The van der Waals surface area contributed by atoms with Crippen LogP contribution < -0.4 is 10.2 Å². The van der Waals surface area contributed by atoms with Crippen LogP contribution in [-0.2, 0) is 4.79 Å². The van der Waals surface area contributed by atoms with Crippen LogP contribution in [0.3, 0.4) is 0 Å². The Morgan fingerprint density at radius 3 is 2.74 bits per heavy atom. The number of hydrogen-bond donors (Lipinski definition) is 1. The van der Waals surface area contributed by atoms with Gasteiger partial charge in [0.1, 0.15) is 11.6 Å². The molecular weight excluding hydrogens is 250 g/mol. The lowest BCUT2D eigenvalue weighted by molar-refractivity contribution is -0.119. The third kappa shape index (κ3) is 3.43. The van der Waals surface area contributed by atoms with Gasteiger partial charge in [-0.3, -0.25) is 4.79 Å². The van der Waals surface area contributed by atoms with Gasteiger partial charge in [0.2, 0.25) is 5.91 Å². The van der Waals surface area contributed by atoms with Crippen LogP contribution in [0.1, 0.15) is 20.3 Å². The Hall–Kier alpha value is -1.65. The third-order valence-corrected chi connectivity index (χ3v) is 3.32. The molecule has 1 fully saturated rings. The fraction of sp³-hybridized carbons (Fsp3) is 0.500. The summed E-state index contributed by atoms with van der Waals surface area (Å²) in [6.45, 7) is 4.79. The molecule has 1 heterocycles. The van der Waals surface area contributed by atoms with Crippen molar-refractivity contribution in [2.75, 3.05) is 18.0 Å². The maximum Gasteiger partial charge on any atom is 0.217 e. The summed E-state index contributed by atoms with van der Waals surface area (Å²) in [6.07, 6.45) is 0.874. The van der Waals surface area contributed by atoms with E-state index >= 15 is 0 Å². The Morgan fingerprint density at radius 1 is 1.37 bits per heavy atom. The van der Waals surface area contributed by atoms with Gasteiger partial charge in [0.25, 0.3) is 0 Å². The Morgan fingerprint density at radius 2 is 2.11 bits per heavy atom. The Kier molecular flexibility index (Phi) is 4.02. The van der Waals surface area contributed by atoms with Crippen molar-refractivity contribution in [2.45, 2.75) is 26.3 Å². The molecule has 1 amide bonds. The van der Waals surface area contributed by atoms with E-state index in [4.69, 9.17) is 0 Å². The molecule has 3 nitrogen and oxygen atoms in total. The van der Waals surface area contributed by atoms with Crippen LogP contribution in [0.2, 0.25) is 0 Å². The van der Waals surface area contributed by atoms with Gasteiger partial charge in [-0.1, -0.05) is 6.92 Å². The average Bonchev–Trinajstić information content (AvgIpc) is 2.26. The van der Waals surface area contributed by atoms with E-state index in [9.17, 15) is 13.6 Å². The highest BCUT2D eigenvalue weighted by Crippen LogP contribution is 2.26. The van der Waals surface area contributed by atoms with Gasteiger partial charge in [0.15, 0.2) is 0 Å². The predicted molar refractivity (Wildman–Crippen MR) is 70.0 cm³/mol. The summed E-state index contributed by atoms with van der Waals surface area (Å²) in [5.74, 6) is -0.880. The quantitative estimate of drug-likeness (QED) is 0.892. The normalized spacial score (nSPS) is 23.3. The minimum Gasteiger partial charge on any atom is -0.367 e. The van der Waals surface area contributed by atoms with Crippen molar-refractivity contribution in [3.05, 3.63) is 29.8 Å². The van der Waals surface area contributed by atoms with Crippen molar-refractivity contribution in [3.8, 4) is 0 Å². The molecule has 104 valence electrons. The van der Waals surface area contributed by atoms with Gasteiger partial charge in [-0.2, -0.15) is 0 Å². The Balaban J connectivity index is 2.16. The molecule has 1 aromatic carbocycles. The van der Waals surface area contributed by atoms with E-state index in [1.54, 1.807) is 0 Å². The van der Waals surface area contributed by atoms with Crippen LogP contribution in [0.15, 0.2) is 18.2 Å². The second kappa shape index (κ2) is 5.55. The molecule has 1 aliphatic rings. The summed E-state index contributed by atoms with van der Waals surface area (Å²) in [7, 11) is 0. The zero-order valence-corrected chi connectivity index (χ0v) is 11.1. The van der Waals surface area contributed by atoms with E-state index in [-0.39, 0.29) is 11.9 Å². The van der Waals surface area contributed by atoms with Crippen LogP contribution in [0.25, 0.3) is 0 Å². The number of amides is 1. The van der Waals surface area contributed by atoms with Crippen molar-refractivity contribution in [3.63, 3.8) is 0 Å². The largest absolute Gasteiger partial charge is 0.367 e. The van der Waals surface area contributed by atoms with Crippen molar-refractivity contribution >= 4 is 11.6 Å². The minimum absolute atomic E-state index is 0.00528. The molecule has 0 saturated carbocycles.